The first-order chi connectivity index (χ1) is 10.3. The maximum Gasteiger partial charge on any atom is 0.171 e. The Balaban J connectivity index is 0.00000441. The molecule has 0 aliphatic carbocycles. The van der Waals surface area contributed by atoms with Crippen molar-refractivity contribution in [3.63, 3.8) is 0 Å². The Morgan fingerprint density at radius 2 is 1.32 bits per heavy atom. The van der Waals surface area contributed by atoms with Crippen LogP contribution in [0.3, 0.4) is 0 Å². The molecule has 0 spiro atoms. The molecular weight excluding hydrogens is 496 g/mol. The van der Waals surface area contributed by atoms with Gasteiger partial charge in [0, 0.05) is 11.6 Å². The van der Waals surface area contributed by atoms with E-state index in [9.17, 15) is 0 Å². The van der Waals surface area contributed by atoms with Gasteiger partial charge >= 0.3 is 0 Å². The number of aromatic nitrogens is 1. The van der Waals surface area contributed by atoms with Crippen LogP contribution < -0.4 is 28.5 Å². The smallest absolute Gasteiger partial charge is 0.171 e. The van der Waals surface area contributed by atoms with E-state index >= 15 is 0 Å². The van der Waals surface area contributed by atoms with Gasteiger partial charge in [-0.2, -0.15) is 0 Å². The molecule has 0 N–H and O–H groups in total. The zero-order chi connectivity index (χ0) is 15.2. The van der Waals surface area contributed by atoms with Gasteiger partial charge in [0.25, 0.3) is 0 Å². The van der Waals surface area contributed by atoms with E-state index in [1.165, 1.54) is 87.0 Å². The lowest BCUT2D eigenvalue weighted by molar-refractivity contribution is -0.671. The molecule has 1 heterocycles. The van der Waals surface area contributed by atoms with Crippen molar-refractivity contribution in [2.24, 2.45) is 7.05 Å². The third-order valence-electron chi connectivity index (χ3n) is 4.10. The fourth-order valence-corrected chi connectivity index (χ4v) is 3.35. The molecule has 0 saturated carbocycles. The van der Waals surface area contributed by atoms with E-state index in [1.54, 1.807) is 0 Å². The van der Waals surface area contributed by atoms with Gasteiger partial charge in [-0.15, -0.1) is 0 Å². The lowest BCUT2D eigenvalue weighted by Crippen LogP contribution is -3.00. The van der Waals surface area contributed by atoms with Crippen LogP contribution in [0.2, 0.25) is 0 Å². The number of pyridine rings is 1. The first-order valence-corrected chi connectivity index (χ1v) is 10.4. The van der Waals surface area contributed by atoms with Gasteiger partial charge in [-0.25, -0.2) is 4.57 Å². The normalized spacial score (nSPS) is 10.5. The highest BCUT2D eigenvalue weighted by Crippen LogP contribution is 2.12. The Morgan fingerprint density at radius 3 is 1.82 bits per heavy atom. The van der Waals surface area contributed by atoms with Crippen LogP contribution in [0.4, 0.5) is 0 Å². The van der Waals surface area contributed by atoms with E-state index in [-0.39, 0.29) is 24.0 Å². The molecule has 0 aromatic carbocycles. The summed E-state index contributed by atoms with van der Waals surface area (Å²) in [7, 11) is 2.10. The number of alkyl halides is 1. The monoisotopic (exact) mass is 529 g/mol. The Labute approximate surface area is 168 Å². The van der Waals surface area contributed by atoms with Gasteiger partial charge in [-0.1, -0.05) is 80.4 Å². The lowest BCUT2D eigenvalue weighted by Gasteiger charge is -2.03. The van der Waals surface area contributed by atoms with Gasteiger partial charge in [0.1, 0.15) is 7.05 Å². The molecule has 1 rings (SSSR count). The first-order valence-electron chi connectivity index (χ1n) is 8.83. The number of unbranched alkanes of at least 4 members (excludes halogenated alkanes) is 10. The molecule has 0 amide bonds. The van der Waals surface area contributed by atoms with Crippen LogP contribution in [0, 0.1) is 0 Å². The van der Waals surface area contributed by atoms with Gasteiger partial charge in [0.15, 0.2) is 12.4 Å². The predicted molar refractivity (Wildman–Crippen MR) is 101 cm³/mol. The second kappa shape index (κ2) is 16.5. The summed E-state index contributed by atoms with van der Waals surface area (Å²) in [5.41, 5.74) is 1.48. The standard InChI is InChI=1S/C19H33IN.HI/c1-21-17-13-15-19(18-21)14-11-9-7-5-3-2-4-6-8-10-12-16-20;/h13,15,17-18H,2-12,14,16H2,1H3;1H/q+1;/p-1. The molecular formula is C19H33I2N. The molecule has 0 aliphatic rings. The van der Waals surface area contributed by atoms with E-state index in [0.717, 1.165) is 0 Å². The van der Waals surface area contributed by atoms with Crippen LogP contribution >= 0.6 is 22.6 Å². The maximum atomic E-state index is 2.48. The zero-order valence-electron chi connectivity index (χ0n) is 14.2. The molecule has 1 nitrogen and oxygen atoms in total. The van der Waals surface area contributed by atoms with E-state index in [0.29, 0.717) is 0 Å². The summed E-state index contributed by atoms with van der Waals surface area (Å²) in [5.74, 6) is 0. The molecule has 0 saturated heterocycles. The highest BCUT2D eigenvalue weighted by molar-refractivity contribution is 14.1. The highest BCUT2D eigenvalue weighted by Gasteiger charge is 1.98. The van der Waals surface area contributed by atoms with Crippen molar-refractivity contribution in [1.29, 1.82) is 0 Å². The van der Waals surface area contributed by atoms with Crippen molar-refractivity contribution in [3.8, 4) is 0 Å². The van der Waals surface area contributed by atoms with Crippen LogP contribution in [-0.4, -0.2) is 4.43 Å². The minimum Gasteiger partial charge on any atom is -1.00 e. The summed E-state index contributed by atoms with van der Waals surface area (Å²) >= 11 is 2.48. The van der Waals surface area contributed by atoms with Crippen molar-refractivity contribution in [1.82, 2.24) is 0 Å². The van der Waals surface area contributed by atoms with Gasteiger partial charge in [-0.3, -0.25) is 0 Å². The minimum absolute atomic E-state index is 0. The summed E-state index contributed by atoms with van der Waals surface area (Å²) in [5, 5.41) is 0. The number of aryl methyl sites for hydroxylation is 2. The van der Waals surface area contributed by atoms with Crippen LogP contribution in [-0.2, 0) is 13.5 Å². The average molecular weight is 529 g/mol. The van der Waals surface area contributed by atoms with Gasteiger partial charge in [0.2, 0.25) is 0 Å². The van der Waals surface area contributed by atoms with Crippen LogP contribution in [0.1, 0.15) is 76.2 Å². The molecule has 0 aliphatic heterocycles. The van der Waals surface area contributed by atoms with Gasteiger partial charge in [-0.05, 0) is 29.8 Å². The molecule has 0 radical (unpaired) electrons. The van der Waals surface area contributed by atoms with Crippen molar-refractivity contribution < 1.29 is 28.5 Å². The minimum atomic E-state index is 0. The Morgan fingerprint density at radius 1 is 0.818 bits per heavy atom. The third kappa shape index (κ3) is 13.1. The fraction of sp³-hybridized carbons (Fsp3) is 0.737. The quantitative estimate of drug-likeness (QED) is 0.160. The molecule has 0 unspecified atom stereocenters. The molecule has 0 bridgehead atoms. The summed E-state index contributed by atoms with van der Waals surface area (Å²) in [4.78, 5) is 0. The van der Waals surface area contributed by atoms with Crippen LogP contribution in [0.25, 0.3) is 0 Å². The molecule has 3 heteroatoms. The Hall–Kier alpha value is 0.610. The highest BCUT2D eigenvalue weighted by atomic mass is 127. The number of hydrogen-bond acceptors (Lipinski definition) is 0. The van der Waals surface area contributed by atoms with Crippen molar-refractivity contribution in [2.75, 3.05) is 4.43 Å². The second-order valence-electron chi connectivity index (χ2n) is 6.21. The molecule has 1 aromatic heterocycles. The Kier molecular flexibility index (Phi) is 16.9. The number of halogens is 2. The number of rotatable bonds is 13. The molecule has 128 valence electrons. The zero-order valence-corrected chi connectivity index (χ0v) is 18.5. The molecule has 1 aromatic rings. The SMILES string of the molecule is C[n+]1cccc(CCCCCCCCCCCCCI)c1.[I-]. The van der Waals surface area contributed by atoms with Crippen molar-refractivity contribution in [2.45, 2.75) is 77.0 Å². The van der Waals surface area contributed by atoms with E-state index in [1.807, 2.05) is 0 Å². The summed E-state index contributed by atoms with van der Waals surface area (Å²) in [6, 6.07) is 4.40. The van der Waals surface area contributed by atoms with Crippen molar-refractivity contribution in [3.05, 3.63) is 30.1 Å². The molecule has 0 fully saturated rings. The van der Waals surface area contributed by atoms with Crippen LogP contribution in [0.15, 0.2) is 24.5 Å². The fourth-order valence-electron chi connectivity index (χ4n) is 2.81. The third-order valence-corrected chi connectivity index (χ3v) is 4.86. The van der Waals surface area contributed by atoms with Crippen LogP contribution in [0.5, 0.6) is 0 Å². The van der Waals surface area contributed by atoms with Gasteiger partial charge in [0.05, 0.1) is 0 Å². The summed E-state index contributed by atoms with van der Waals surface area (Å²) < 4.78 is 3.48. The van der Waals surface area contributed by atoms with E-state index in [2.05, 4.69) is 58.7 Å². The second-order valence-corrected chi connectivity index (χ2v) is 7.28. The van der Waals surface area contributed by atoms with E-state index in [4.69, 9.17) is 0 Å². The largest absolute Gasteiger partial charge is 1.00 e. The van der Waals surface area contributed by atoms with E-state index < -0.39 is 0 Å². The Bertz CT molecular complexity index is 355. The first kappa shape index (κ1) is 22.6. The molecule has 0 atom stereocenters. The maximum absolute atomic E-state index is 2.48. The number of nitrogens with zero attached hydrogens (tertiary/aromatic N) is 1. The summed E-state index contributed by atoms with van der Waals surface area (Å²) in [6.07, 6.45) is 21.3. The topological polar surface area (TPSA) is 3.88 Å². The van der Waals surface area contributed by atoms with Crippen molar-refractivity contribution >= 4 is 22.6 Å². The summed E-state index contributed by atoms with van der Waals surface area (Å²) in [6.45, 7) is 0. The average Bonchev–Trinajstić information content (AvgIpc) is 2.48. The molecule has 22 heavy (non-hydrogen) atoms. The lowest BCUT2D eigenvalue weighted by atomic mass is 10.0. The predicted octanol–water partition coefficient (Wildman–Crippen LogP) is 2.78. The van der Waals surface area contributed by atoms with Gasteiger partial charge < -0.3 is 24.0 Å². The number of hydrogen-bond donors (Lipinski definition) is 0.